The van der Waals surface area contributed by atoms with Crippen LogP contribution in [0.2, 0.25) is 0 Å². The molecule has 2 nitrogen and oxygen atoms in total. The van der Waals surface area contributed by atoms with E-state index in [0.29, 0.717) is 0 Å². The molecule has 0 aliphatic rings. The van der Waals surface area contributed by atoms with Crippen LogP contribution in [-0.2, 0) is 6.42 Å². The molecule has 0 aliphatic carbocycles. The molecule has 1 rings (SSSR count). The first-order valence-corrected chi connectivity index (χ1v) is 4.11. The maximum atomic E-state index is 12.1. The molecule has 0 heterocycles. The number of rotatable bonds is 3. The van der Waals surface area contributed by atoms with Gasteiger partial charge in [0.2, 0.25) is 6.43 Å². The molecule has 1 aromatic carbocycles. The number of hydrogen-bond donors (Lipinski definition) is 1. The molecule has 4 heteroatoms. The Balaban J connectivity index is 3.09. The SMILES string of the molecule is Cc1ccc(C(=O)O)c(CC(F)F)c1. The van der Waals surface area contributed by atoms with Gasteiger partial charge in [0.05, 0.1) is 5.56 Å². The van der Waals surface area contributed by atoms with Crippen molar-refractivity contribution in [1.82, 2.24) is 0 Å². The lowest BCUT2D eigenvalue weighted by molar-refractivity contribution is 0.0694. The topological polar surface area (TPSA) is 37.3 Å². The van der Waals surface area contributed by atoms with Crippen LogP contribution in [0.3, 0.4) is 0 Å². The predicted octanol–water partition coefficient (Wildman–Crippen LogP) is 2.50. The van der Waals surface area contributed by atoms with E-state index in [9.17, 15) is 13.6 Å². The first-order chi connectivity index (χ1) is 6.50. The van der Waals surface area contributed by atoms with Crippen LogP contribution in [0.1, 0.15) is 21.5 Å². The Kier molecular flexibility index (Phi) is 3.17. The summed E-state index contributed by atoms with van der Waals surface area (Å²) in [4.78, 5) is 10.7. The average Bonchev–Trinajstić information content (AvgIpc) is 2.01. The summed E-state index contributed by atoms with van der Waals surface area (Å²) in [5.74, 6) is -1.17. The van der Waals surface area contributed by atoms with Crippen molar-refractivity contribution in [3.8, 4) is 0 Å². The number of aryl methyl sites for hydroxylation is 1. The highest BCUT2D eigenvalue weighted by Crippen LogP contribution is 2.15. The van der Waals surface area contributed by atoms with Gasteiger partial charge in [0, 0.05) is 6.42 Å². The fourth-order valence-corrected chi connectivity index (χ4v) is 1.27. The fourth-order valence-electron chi connectivity index (χ4n) is 1.27. The summed E-state index contributed by atoms with van der Waals surface area (Å²) in [7, 11) is 0. The molecule has 1 aromatic rings. The molecule has 0 unspecified atom stereocenters. The summed E-state index contributed by atoms with van der Waals surface area (Å²) in [6.45, 7) is 1.74. The molecule has 0 saturated heterocycles. The van der Waals surface area contributed by atoms with Crippen molar-refractivity contribution >= 4 is 5.97 Å². The molecule has 76 valence electrons. The molecule has 0 amide bonds. The Hall–Kier alpha value is -1.45. The summed E-state index contributed by atoms with van der Waals surface area (Å²) < 4.78 is 24.2. The lowest BCUT2D eigenvalue weighted by Crippen LogP contribution is -2.06. The number of hydrogen-bond acceptors (Lipinski definition) is 1. The van der Waals surface area contributed by atoms with Crippen molar-refractivity contribution in [2.24, 2.45) is 0 Å². The monoisotopic (exact) mass is 200 g/mol. The van der Waals surface area contributed by atoms with E-state index in [0.717, 1.165) is 5.56 Å². The van der Waals surface area contributed by atoms with E-state index in [1.165, 1.54) is 12.1 Å². The smallest absolute Gasteiger partial charge is 0.335 e. The van der Waals surface area contributed by atoms with Gasteiger partial charge in [0.25, 0.3) is 0 Å². The van der Waals surface area contributed by atoms with Crippen molar-refractivity contribution in [3.05, 3.63) is 34.9 Å². The van der Waals surface area contributed by atoms with Crippen molar-refractivity contribution < 1.29 is 18.7 Å². The standard InChI is InChI=1S/C10H10F2O2/c1-6-2-3-8(10(13)14)7(4-6)5-9(11)12/h2-4,9H,5H2,1H3,(H,13,14). The zero-order chi connectivity index (χ0) is 10.7. The summed E-state index contributed by atoms with van der Waals surface area (Å²) in [5.41, 5.74) is 0.925. The first kappa shape index (κ1) is 10.6. The van der Waals surface area contributed by atoms with Gasteiger partial charge in [0.15, 0.2) is 0 Å². The highest BCUT2D eigenvalue weighted by atomic mass is 19.3. The largest absolute Gasteiger partial charge is 0.478 e. The zero-order valence-corrected chi connectivity index (χ0v) is 7.63. The van der Waals surface area contributed by atoms with Gasteiger partial charge in [-0.2, -0.15) is 0 Å². The molecular formula is C10H10F2O2. The van der Waals surface area contributed by atoms with Gasteiger partial charge >= 0.3 is 5.97 Å². The fraction of sp³-hybridized carbons (Fsp3) is 0.300. The van der Waals surface area contributed by atoms with E-state index in [1.54, 1.807) is 13.0 Å². The van der Waals surface area contributed by atoms with E-state index < -0.39 is 18.8 Å². The van der Waals surface area contributed by atoms with E-state index in [4.69, 9.17) is 5.11 Å². The number of benzene rings is 1. The Labute approximate surface area is 80.2 Å². The molecule has 0 spiro atoms. The van der Waals surface area contributed by atoms with Crippen LogP contribution >= 0.6 is 0 Å². The second-order valence-corrected chi connectivity index (χ2v) is 3.06. The molecule has 0 atom stereocenters. The Morgan fingerprint density at radius 1 is 1.50 bits per heavy atom. The van der Waals surface area contributed by atoms with Gasteiger partial charge in [-0.3, -0.25) is 0 Å². The Bertz CT molecular complexity index is 348. The zero-order valence-electron chi connectivity index (χ0n) is 7.63. The van der Waals surface area contributed by atoms with Crippen LogP contribution in [0.15, 0.2) is 18.2 Å². The number of alkyl halides is 2. The Morgan fingerprint density at radius 3 is 2.64 bits per heavy atom. The molecule has 0 fully saturated rings. The van der Waals surface area contributed by atoms with E-state index >= 15 is 0 Å². The molecule has 0 aromatic heterocycles. The number of carboxylic acid groups (broad SMARTS) is 1. The van der Waals surface area contributed by atoms with Crippen LogP contribution in [0.5, 0.6) is 0 Å². The summed E-state index contributed by atoms with van der Waals surface area (Å²) in [6.07, 6.45) is -3.03. The summed E-state index contributed by atoms with van der Waals surface area (Å²) in [6, 6.07) is 4.43. The molecule has 0 bridgehead atoms. The highest BCUT2D eigenvalue weighted by Gasteiger charge is 2.13. The van der Waals surface area contributed by atoms with Crippen LogP contribution < -0.4 is 0 Å². The minimum absolute atomic E-state index is 0.0455. The minimum Gasteiger partial charge on any atom is -0.478 e. The van der Waals surface area contributed by atoms with Gasteiger partial charge < -0.3 is 5.11 Å². The van der Waals surface area contributed by atoms with Gasteiger partial charge in [-0.15, -0.1) is 0 Å². The maximum Gasteiger partial charge on any atom is 0.335 e. The van der Waals surface area contributed by atoms with Crippen molar-refractivity contribution in [2.75, 3.05) is 0 Å². The van der Waals surface area contributed by atoms with Crippen LogP contribution in [0, 0.1) is 6.92 Å². The molecule has 0 radical (unpaired) electrons. The van der Waals surface area contributed by atoms with Crippen LogP contribution in [0.4, 0.5) is 8.78 Å². The minimum atomic E-state index is -2.52. The third-order valence-corrected chi connectivity index (χ3v) is 1.87. The third-order valence-electron chi connectivity index (χ3n) is 1.87. The quantitative estimate of drug-likeness (QED) is 0.813. The molecule has 0 aliphatic heterocycles. The Morgan fingerprint density at radius 2 is 2.14 bits per heavy atom. The first-order valence-electron chi connectivity index (χ1n) is 4.11. The summed E-state index contributed by atoms with van der Waals surface area (Å²) >= 11 is 0. The second kappa shape index (κ2) is 4.17. The van der Waals surface area contributed by atoms with E-state index in [-0.39, 0.29) is 11.1 Å². The lowest BCUT2D eigenvalue weighted by Gasteiger charge is -2.06. The normalized spacial score (nSPS) is 10.6. The number of carboxylic acids is 1. The molecule has 1 N–H and O–H groups in total. The third kappa shape index (κ3) is 2.52. The van der Waals surface area contributed by atoms with Crippen molar-refractivity contribution in [1.29, 1.82) is 0 Å². The van der Waals surface area contributed by atoms with Gasteiger partial charge in [0.1, 0.15) is 0 Å². The van der Waals surface area contributed by atoms with Crippen LogP contribution in [0.25, 0.3) is 0 Å². The van der Waals surface area contributed by atoms with Crippen molar-refractivity contribution in [2.45, 2.75) is 19.8 Å². The highest BCUT2D eigenvalue weighted by molar-refractivity contribution is 5.89. The van der Waals surface area contributed by atoms with Gasteiger partial charge in [-0.25, -0.2) is 13.6 Å². The van der Waals surface area contributed by atoms with E-state index in [2.05, 4.69) is 0 Å². The van der Waals surface area contributed by atoms with Crippen molar-refractivity contribution in [3.63, 3.8) is 0 Å². The van der Waals surface area contributed by atoms with Gasteiger partial charge in [-0.05, 0) is 18.6 Å². The number of carbonyl (C=O) groups is 1. The van der Waals surface area contributed by atoms with Crippen LogP contribution in [-0.4, -0.2) is 17.5 Å². The van der Waals surface area contributed by atoms with Gasteiger partial charge in [-0.1, -0.05) is 17.7 Å². The molecular weight excluding hydrogens is 190 g/mol. The lowest BCUT2D eigenvalue weighted by atomic mass is 10.0. The summed E-state index contributed by atoms with van der Waals surface area (Å²) in [5, 5.41) is 8.72. The molecule has 14 heavy (non-hydrogen) atoms. The molecule has 0 saturated carbocycles. The number of halogens is 2. The average molecular weight is 200 g/mol. The number of aromatic carboxylic acids is 1. The second-order valence-electron chi connectivity index (χ2n) is 3.06. The maximum absolute atomic E-state index is 12.1. The van der Waals surface area contributed by atoms with E-state index in [1.807, 2.05) is 0 Å². The predicted molar refractivity (Wildman–Crippen MR) is 47.8 cm³/mol.